The molecule has 0 saturated carbocycles. The summed E-state index contributed by atoms with van der Waals surface area (Å²) in [7, 11) is 0. The number of hydrogen-bond acceptors (Lipinski definition) is 6. The largest absolute Gasteiger partial charge is 0.462 e. The molecule has 0 radical (unpaired) electrons. The molecule has 0 amide bonds. The monoisotopic (exact) mass is 863 g/mol. The van der Waals surface area contributed by atoms with E-state index in [0.717, 1.165) is 69.6 Å². The van der Waals surface area contributed by atoms with E-state index in [1.165, 1.54) is 193 Å². The molecule has 0 N–H and O–H groups in total. The molecular weight excluding hydrogens is 757 g/mol. The Morgan fingerprint density at radius 1 is 0.344 bits per heavy atom. The van der Waals surface area contributed by atoms with Crippen LogP contribution in [-0.4, -0.2) is 37.2 Å². The minimum atomic E-state index is -0.762. The number of ether oxygens (including phenoxy) is 3. The van der Waals surface area contributed by atoms with Gasteiger partial charge in [-0.15, -0.1) is 0 Å². The highest BCUT2D eigenvalue weighted by Crippen LogP contribution is 2.18. The van der Waals surface area contributed by atoms with Gasteiger partial charge in [0.2, 0.25) is 0 Å². The molecule has 0 heterocycles. The molecule has 362 valence electrons. The highest BCUT2D eigenvalue weighted by atomic mass is 16.6. The predicted molar refractivity (Wildman–Crippen MR) is 261 cm³/mol. The maximum Gasteiger partial charge on any atom is 0.306 e. The van der Waals surface area contributed by atoms with Crippen LogP contribution in [0.3, 0.4) is 0 Å². The molecule has 1 unspecified atom stereocenters. The first-order valence-electron chi connectivity index (χ1n) is 27.3. The molecule has 0 rings (SSSR count). The van der Waals surface area contributed by atoms with Crippen molar-refractivity contribution in [1.29, 1.82) is 0 Å². The lowest BCUT2D eigenvalue weighted by atomic mass is 9.99. The third-order valence-electron chi connectivity index (χ3n) is 12.8. The van der Waals surface area contributed by atoms with E-state index in [1.807, 2.05) is 0 Å². The van der Waals surface area contributed by atoms with Gasteiger partial charge in [-0.1, -0.05) is 266 Å². The van der Waals surface area contributed by atoms with Gasteiger partial charge in [-0.2, -0.15) is 0 Å². The Morgan fingerprint density at radius 3 is 0.934 bits per heavy atom. The average Bonchev–Trinajstić information content (AvgIpc) is 3.24. The van der Waals surface area contributed by atoms with Crippen molar-refractivity contribution in [3.8, 4) is 0 Å². The summed E-state index contributed by atoms with van der Waals surface area (Å²) in [4.78, 5) is 38.0. The second kappa shape index (κ2) is 47.9. The van der Waals surface area contributed by atoms with E-state index in [2.05, 4.69) is 34.6 Å². The minimum absolute atomic E-state index is 0.0640. The van der Waals surface area contributed by atoms with Gasteiger partial charge < -0.3 is 14.2 Å². The number of carbonyl (C=O) groups is 3. The summed E-state index contributed by atoms with van der Waals surface area (Å²) in [6.45, 7) is 11.4. The molecule has 0 aromatic rings. The van der Waals surface area contributed by atoms with Gasteiger partial charge in [0.1, 0.15) is 13.2 Å². The second-order valence-electron chi connectivity index (χ2n) is 19.6. The Balaban J connectivity index is 4.30. The summed E-state index contributed by atoms with van der Waals surface area (Å²) >= 11 is 0. The predicted octanol–water partition coefficient (Wildman–Crippen LogP) is 17.7. The lowest BCUT2D eigenvalue weighted by Crippen LogP contribution is -2.30. The molecule has 0 aromatic heterocycles. The standard InChI is InChI=1S/C55H106O6/c1-6-8-9-10-11-12-13-14-15-16-17-18-19-20-25-32-37-42-47-55(58)61-52(49-60-54(57)46-41-36-31-27-26-29-34-39-44-51(5)7-2)48-59-53(56)45-40-35-30-24-22-21-23-28-33-38-43-50(3)4/h50-52H,6-49H2,1-5H3/t51?,52-/m1/s1. The molecule has 0 bridgehead atoms. The zero-order valence-electron chi connectivity index (χ0n) is 41.8. The van der Waals surface area contributed by atoms with Crippen molar-refractivity contribution in [3.63, 3.8) is 0 Å². The normalized spacial score (nSPS) is 12.5. The second-order valence-corrected chi connectivity index (χ2v) is 19.6. The number of rotatable bonds is 49. The maximum absolute atomic E-state index is 12.8. The van der Waals surface area contributed by atoms with Gasteiger partial charge in [-0.3, -0.25) is 14.4 Å². The summed E-state index contributed by atoms with van der Waals surface area (Å²) in [5.74, 6) is 0.819. The van der Waals surface area contributed by atoms with Gasteiger partial charge in [0.25, 0.3) is 0 Å². The van der Waals surface area contributed by atoms with Crippen molar-refractivity contribution in [2.75, 3.05) is 13.2 Å². The molecule has 6 nitrogen and oxygen atoms in total. The molecule has 0 aliphatic rings. The molecule has 0 saturated heterocycles. The highest BCUT2D eigenvalue weighted by molar-refractivity contribution is 5.71. The Kier molecular flexibility index (Phi) is 46.6. The summed E-state index contributed by atoms with van der Waals surface area (Å²) in [5.41, 5.74) is 0. The molecule has 0 spiro atoms. The van der Waals surface area contributed by atoms with Crippen molar-refractivity contribution in [3.05, 3.63) is 0 Å². The minimum Gasteiger partial charge on any atom is -0.462 e. The fraction of sp³-hybridized carbons (Fsp3) is 0.945. The van der Waals surface area contributed by atoms with E-state index in [1.54, 1.807) is 0 Å². The SMILES string of the molecule is CCCCCCCCCCCCCCCCCCCCC(=O)O[C@H](COC(=O)CCCCCCCCCCCCC(C)C)COC(=O)CCCCCCCCCCC(C)CC. The van der Waals surface area contributed by atoms with Gasteiger partial charge in [0.15, 0.2) is 6.10 Å². The summed E-state index contributed by atoms with van der Waals surface area (Å²) in [6, 6.07) is 0. The maximum atomic E-state index is 12.8. The molecule has 2 atom stereocenters. The van der Waals surface area contributed by atoms with E-state index in [-0.39, 0.29) is 31.1 Å². The van der Waals surface area contributed by atoms with Crippen molar-refractivity contribution < 1.29 is 28.6 Å². The first-order valence-corrected chi connectivity index (χ1v) is 27.3. The summed E-state index contributed by atoms with van der Waals surface area (Å²) in [6.07, 6.45) is 49.5. The number of unbranched alkanes of at least 4 members (excludes halogenated alkanes) is 33. The Bertz CT molecular complexity index is 933. The van der Waals surface area contributed by atoms with Crippen LogP contribution in [-0.2, 0) is 28.6 Å². The Hall–Kier alpha value is -1.59. The van der Waals surface area contributed by atoms with Crippen LogP contribution in [0.1, 0.15) is 304 Å². The van der Waals surface area contributed by atoms with Crippen molar-refractivity contribution >= 4 is 17.9 Å². The van der Waals surface area contributed by atoms with Gasteiger partial charge in [0.05, 0.1) is 0 Å². The zero-order chi connectivity index (χ0) is 44.7. The first kappa shape index (κ1) is 59.4. The number of carbonyl (C=O) groups excluding carboxylic acids is 3. The van der Waals surface area contributed by atoms with Crippen LogP contribution in [0.2, 0.25) is 0 Å². The number of hydrogen-bond donors (Lipinski definition) is 0. The molecule has 0 fully saturated rings. The van der Waals surface area contributed by atoms with E-state index in [4.69, 9.17) is 14.2 Å². The summed E-state index contributed by atoms with van der Waals surface area (Å²) < 4.78 is 16.8. The van der Waals surface area contributed by atoms with Crippen LogP contribution in [0.15, 0.2) is 0 Å². The summed E-state index contributed by atoms with van der Waals surface area (Å²) in [5, 5.41) is 0. The first-order chi connectivity index (χ1) is 29.8. The van der Waals surface area contributed by atoms with Crippen molar-refractivity contribution in [2.24, 2.45) is 11.8 Å². The molecular formula is C55H106O6. The van der Waals surface area contributed by atoms with E-state index >= 15 is 0 Å². The molecule has 61 heavy (non-hydrogen) atoms. The molecule has 0 aromatic carbocycles. The van der Waals surface area contributed by atoms with Gasteiger partial charge >= 0.3 is 17.9 Å². The average molecular weight is 863 g/mol. The zero-order valence-corrected chi connectivity index (χ0v) is 41.8. The van der Waals surface area contributed by atoms with Crippen LogP contribution in [0.4, 0.5) is 0 Å². The van der Waals surface area contributed by atoms with E-state index < -0.39 is 6.10 Å². The van der Waals surface area contributed by atoms with Gasteiger partial charge in [-0.05, 0) is 31.1 Å². The third-order valence-corrected chi connectivity index (χ3v) is 12.8. The van der Waals surface area contributed by atoms with Gasteiger partial charge in [0, 0.05) is 19.3 Å². The lowest BCUT2D eigenvalue weighted by Gasteiger charge is -2.18. The van der Waals surface area contributed by atoms with Crippen molar-refractivity contribution in [1.82, 2.24) is 0 Å². The van der Waals surface area contributed by atoms with E-state index in [9.17, 15) is 14.4 Å². The Morgan fingerprint density at radius 2 is 0.623 bits per heavy atom. The van der Waals surface area contributed by atoms with Crippen LogP contribution < -0.4 is 0 Å². The van der Waals surface area contributed by atoms with Crippen LogP contribution in [0.5, 0.6) is 0 Å². The number of esters is 3. The molecule has 6 heteroatoms. The van der Waals surface area contributed by atoms with Crippen LogP contribution >= 0.6 is 0 Å². The van der Waals surface area contributed by atoms with Crippen LogP contribution in [0, 0.1) is 11.8 Å². The quantitative estimate of drug-likeness (QED) is 0.0344. The fourth-order valence-electron chi connectivity index (χ4n) is 8.31. The molecule has 0 aliphatic heterocycles. The van der Waals surface area contributed by atoms with Crippen molar-refractivity contribution in [2.45, 2.75) is 310 Å². The Labute approximate surface area is 380 Å². The lowest BCUT2D eigenvalue weighted by molar-refractivity contribution is -0.167. The highest BCUT2D eigenvalue weighted by Gasteiger charge is 2.19. The van der Waals surface area contributed by atoms with E-state index in [0.29, 0.717) is 19.3 Å². The molecule has 0 aliphatic carbocycles. The van der Waals surface area contributed by atoms with Crippen LogP contribution in [0.25, 0.3) is 0 Å². The topological polar surface area (TPSA) is 78.9 Å². The fourth-order valence-corrected chi connectivity index (χ4v) is 8.31. The smallest absolute Gasteiger partial charge is 0.306 e. The van der Waals surface area contributed by atoms with Gasteiger partial charge in [-0.25, -0.2) is 0 Å². The third kappa shape index (κ3) is 47.7.